The normalized spacial score (nSPS) is 17.6. The summed E-state index contributed by atoms with van der Waals surface area (Å²) in [5.74, 6) is 0.764. The first-order valence-electron chi connectivity index (χ1n) is 8.14. The monoisotopic (exact) mass is 291 g/mol. The molecule has 4 heteroatoms. The number of nitrogens with one attached hydrogen (secondary N) is 1. The molecule has 0 atom stereocenters. The second kappa shape index (κ2) is 7.76. The molecule has 4 nitrogen and oxygen atoms in total. The Morgan fingerprint density at radius 1 is 1.29 bits per heavy atom. The second-order valence-corrected chi connectivity index (χ2v) is 6.42. The largest absolute Gasteiger partial charge is 0.475 e. The minimum absolute atomic E-state index is 0.160. The molecule has 0 radical (unpaired) electrons. The summed E-state index contributed by atoms with van der Waals surface area (Å²) in [4.78, 5) is 6.90. The molecule has 21 heavy (non-hydrogen) atoms. The highest BCUT2D eigenvalue weighted by molar-refractivity contribution is 5.25. The molecule has 1 aromatic rings. The van der Waals surface area contributed by atoms with E-state index in [1.54, 1.807) is 6.20 Å². The van der Waals surface area contributed by atoms with Gasteiger partial charge in [-0.25, -0.2) is 4.98 Å². The van der Waals surface area contributed by atoms with Gasteiger partial charge < -0.3 is 15.0 Å². The number of aromatic nitrogens is 1. The van der Waals surface area contributed by atoms with Gasteiger partial charge >= 0.3 is 0 Å². The molecule has 0 aromatic carbocycles. The van der Waals surface area contributed by atoms with Crippen LogP contribution in [0.4, 0.5) is 0 Å². The Kier molecular flexibility index (Phi) is 6.00. The van der Waals surface area contributed by atoms with Crippen molar-refractivity contribution in [2.75, 3.05) is 13.1 Å². The Labute approximate surface area is 128 Å². The van der Waals surface area contributed by atoms with Gasteiger partial charge in [0.2, 0.25) is 5.88 Å². The van der Waals surface area contributed by atoms with E-state index in [1.807, 2.05) is 19.9 Å². The summed E-state index contributed by atoms with van der Waals surface area (Å²) in [5, 5.41) is 3.66. The maximum atomic E-state index is 5.77. The van der Waals surface area contributed by atoms with Gasteiger partial charge in [-0.05, 0) is 59.7 Å². The number of pyridine rings is 1. The van der Waals surface area contributed by atoms with E-state index < -0.39 is 0 Å². The molecule has 0 spiro atoms. The summed E-state index contributed by atoms with van der Waals surface area (Å²) in [7, 11) is 0. The van der Waals surface area contributed by atoms with Crippen LogP contribution in [0.15, 0.2) is 18.3 Å². The molecule has 1 aliphatic heterocycles. The van der Waals surface area contributed by atoms with Crippen molar-refractivity contribution in [2.24, 2.45) is 0 Å². The Hall–Kier alpha value is -1.13. The molecular formula is C17H29N3O. The fourth-order valence-electron chi connectivity index (χ4n) is 2.76. The minimum atomic E-state index is 0.160. The third kappa shape index (κ3) is 4.97. The first-order valence-corrected chi connectivity index (χ1v) is 8.14. The average molecular weight is 291 g/mol. The van der Waals surface area contributed by atoms with Crippen molar-refractivity contribution < 1.29 is 4.74 Å². The molecule has 1 saturated heterocycles. The number of nitrogens with zero attached hydrogens (tertiary/aromatic N) is 2. The summed E-state index contributed by atoms with van der Waals surface area (Å²) in [6.07, 6.45) is 4.40. The van der Waals surface area contributed by atoms with Crippen LogP contribution in [0.2, 0.25) is 0 Å². The van der Waals surface area contributed by atoms with E-state index in [4.69, 9.17) is 4.74 Å². The van der Waals surface area contributed by atoms with Crippen LogP contribution in [0.1, 0.15) is 46.1 Å². The predicted molar refractivity (Wildman–Crippen MR) is 86.6 cm³/mol. The van der Waals surface area contributed by atoms with E-state index in [0.29, 0.717) is 12.1 Å². The van der Waals surface area contributed by atoms with E-state index >= 15 is 0 Å². The minimum Gasteiger partial charge on any atom is -0.475 e. The fraction of sp³-hybridized carbons (Fsp3) is 0.706. The number of rotatable bonds is 6. The van der Waals surface area contributed by atoms with Crippen LogP contribution < -0.4 is 10.1 Å². The molecule has 1 aliphatic rings. The van der Waals surface area contributed by atoms with E-state index in [-0.39, 0.29) is 6.10 Å². The van der Waals surface area contributed by atoms with Gasteiger partial charge in [-0.1, -0.05) is 6.07 Å². The van der Waals surface area contributed by atoms with Crippen LogP contribution in [0, 0.1) is 0 Å². The number of likely N-dealkylation sites (tertiary alicyclic amines) is 1. The van der Waals surface area contributed by atoms with Gasteiger partial charge in [0.1, 0.15) is 0 Å². The smallest absolute Gasteiger partial charge is 0.218 e. The van der Waals surface area contributed by atoms with Crippen LogP contribution >= 0.6 is 0 Å². The lowest BCUT2D eigenvalue weighted by molar-refractivity contribution is 0.160. The lowest BCUT2D eigenvalue weighted by Gasteiger charge is -2.35. The summed E-state index contributed by atoms with van der Waals surface area (Å²) < 4.78 is 5.77. The Balaban J connectivity index is 1.84. The number of hydrogen-bond donors (Lipinski definition) is 1. The summed E-state index contributed by atoms with van der Waals surface area (Å²) in [6.45, 7) is 11.8. The highest BCUT2D eigenvalue weighted by atomic mass is 16.5. The van der Waals surface area contributed by atoms with Crippen molar-refractivity contribution in [1.82, 2.24) is 15.2 Å². The van der Waals surface area contributed by atoms with Gasteiger partial charge in [-0.2, -0.15) is 0 Å². The van der Waals surface area contributed by atoms with Crippen LogP contribution in [0.25, 0.3) is 0 Å². The predicted octanol–water partition coefficient (Wildman–Crippen LogP) is 2.83. The maximum absolute atomic E-state index is 5.77. The third-order valence-electron chi connectivity index (χ3n) is 4.04. The van der Waals surface area contributed by atoms with Crippen LogP contribution in [0.5, 0.6) is 5.88 Å². The zero-order chi connectivity index (χ0) is 15.2. The molecular weight excluding hydrogens is 262 g/mol. The van der Waals surface area contributed by atoms with Gasteiger partial charge in [0.25, 0.3) is 0 Å². The van der Waals surface area contributed by atoms with E-state index in [1.165, 1.54) is 25.9 Å². The fourth-order valence-corrected chi connectivity index (χ4v) is 2.76. The average Bonchev–Trinajstić information content (AvgIpc) is 2.46. The lowest BCUT2D eigenvalue weighted by Crippen LogP contribution is -2.44. The number of ether oxygens (including phenoxy) is 1. The molecule has 0 aliphatic carbocycles. The van der Waals surface area contributed by atoms with E-state index in [2.05, 4.69) is 35.1 Å². The van der Waals surface area contributed by atoms with Gasteiger partial charge in [-0.15, -0.1) is 0 Å². The topological polar surface area (TPSA) is 37.4 Å². The molecule has 0 unspecified atom stereocenters. The summed E-state index contributed by atoms with van der Waals surface area (Å²) >= 11 is 0. The first-order chi connectivity index (χ1) is 10.1. The van der Waals surface area contributed by atoms with E-state index in [9.17, 15) is 0 Å². The maximum Gasteiger partial charge on any atom is 0.218 e. The van der Waals surface area contributed by atoms with Gasteiger partial charge in [0.15, 0.2) is 0 Å². The molecule has 2 rings (SSSR count). The lowest BCUT2D eigenvalue weighted by atomic mass is 10.0. The summed E-state index contributed by atoms with van der Waals surface area (Å²) in [6, 6.07) is 5.34. The number of piperidine rings is 1. The van der Waals surface area contributed by atoms with Crippen molar-refractivity contribution in [3.63, 3.8) is 0 Å². The zero-order valence-electron chi connectivity index (χ0n) is 13.8. The van der Waals surface area contributed by atoms with Crippen molar-refractivity contribution in [1.29, 1.82) is 0 Å². The Bertz CT molecular complexity index is 426. The third-order valence-corrected chi connectivity index (χ3v) is 4.04. The molecule has 0 bridgehead atoms. The standard InChI is InChI=1S/C17H29N3O/c1-13(2)20-10-7-16(8-11-20)19-12-15-6-5-9-18-17(15)21-14(3)4/h5-6,9,13-14,16,19H,7-8,10-12H2,1-4H3. The second-order valence-electron chi connectivity index (χ2n) is 6.42. The van der Waals surface area contributed by atoms with Crippen molar-refractivity contribution >= 4 is 0 Å². The number of hydrogen-bond acceptors (Lipinski definition) is 4. The Morgan fingerprint density at radius 2 is 2.00 bits per heavy atom. The van der Waals surface area contributed by atoms with E-state index in [0.717, 1.165) is 18.0 Å². The SMILES string of the molecule is CC(C)Oc1ncccc1CNC1CCN(C(C)C)CC1. The zero-order valence-corrected chi connectivity index (χ0v) is 13.8. The van der Waals surface area contributed by atoms with Gasteiger partial charge in [0.05, 0.1) is 6.10 Å². The van der Waals surface area contributed by atoms with Crippen LogP contribution in [-0.4, -0.2) is 41.2 Å². The van der Waals surface area contributed by atoms with Crippen molar-refractivity contribution in [3.05, 3.63) is 23.9 Å². The molecule has 2 heterocycles. The first kappa shape index (κ1) is 16.2. The summed E-state index contributed by atoms with van der Waals surface area (Å²) in [5.41, 5.74) is 1.15. The molecule has 1 aromatic heterocycles. The van der Waals surface area contributed by atoms with Gasteiger partial charge in [-0.3, -0.25) is 0 Å². The highest BCUT2D eigenvalue weighted by Crippen LogP contribution is 2.18. The van der Waals surface area contributed by atoms with Gasteiger partial charge in [0, 0.05) is 30.4 Å². The van der Waals surface area contributed by atoms with Crippen LogP contribution in [0.3, 0.4) is 0 Å². The van der Waals surface area contributed by atoms with Crippen LogP contribution in [-0.2, 0) is 6.54 Å². The van der Waals surface area contributed by atoms with Crippen molar-refractivity contribution in [3.8, 4) is 5.88 Å². The molecule has 0 saturated carbocycles. The quantitative estimate of drug-likeness (QED) is 0.874. The highest BCUT2D eigenvalue weighted by Gasteiger charge is 2.20. The van der Waals surface area contributed by atoms with Crippen molar-refractivity contribution in [2.45, 2.75) is 65.3 Å². The molecule has 1 N–H and O–H groups in total. The molecule has 118 valence electrons. The molecule has 1 fully saturated rings. The molecule has 0 amide bonds. The Morgan fingerprint density at radius 3 is 2.62 bits per heavy atom.